The number of rotatable bonds is 81. The molecule has 0 aliphatic rings. The molecule has 546 valence electrons. The van der Waals surface area contributed by atoms with Gasteiger partial charge in [-0.05, 0) is 57.8 Å². The van der Waals surface area contributed by atoms with Crippen molar-refractivity contribution < 1.29 is 24.5 Å². The second-order valence-corrected chi connectivity index (χ2v) is 29.5. The molecule has 2 unspecified atom stereocenters. The average molecular weight is 1300 g/mol. The summed E-state index contributed by atoms with van der Waals surface area (Å²) in [5.41, 5.74) is 0. The van der Waals surface area contributed by atoms with E-state index in [1.807, 2.05) is 0 Å². The normalized spacial score (nSPS) is 12.5. The van der Waals surface area contributed by atoms with E-state index in [1.54, 1.807) is 0 Å². The van der Waals surface area contributed by atoms with Crippen LogP contribution in [-0.4, -0.2) is 47.4 Å². The summed E-state index contributed by atoms with van der Waals surface area (Å²) in [7, 11) is 0. The van der Waals surface area contributed by atoms with Crippen LogP contribution in [0.3, 0.4) is 0 Å². The van der Waals surface area contributed by atoms with E-state index in [-0.39, 0.29) is 18.5 Å². The van der Waals surface area contributed by atoms with E-state index < -0.39 is 12.1 Å². The fourth-order valence-corrected chi connectivity index (χ4v) is 13.8. The molecule has 0 aliphatic carbocycles. The zero-order chi connectivity index (χ0) is 66.3. The summed E-state index contributed by atoms with van der Waals surface area (Å²) in [6, 6.07) is -0.541. The Morgan fingerprint density at radius 1 is 0.304 bits per heavy atom. The average Bonchev–Trinajstić information content (AvgIpc) is 3.74. The van der Waals surface area contributed by atoms with Crippen molar-refractivity contribution in [3.05, 3.63) is 24.3 Å². The molecule has 0 saturated carbocycles. The Labute approximate surface area is 577 Å². The molecular weight excluding hydrogens is 1130 g/mol. The van der Waals surface area contributed by atoms with Gasteiger partial charge in [0.05, 0.1) is 25.4 Å². The molecule has 0 spiro atoms. The summed E-state index contributed by atoms with van der Waals surface area (Å²) < 4.78 is 5.51. The number of carbonyl (C=O) groups excluding carboxylic acids is 2. The van der Waals surface area contributed by atoms with Gasteiger partial charge in [-0.15, -0.1) is 0 Å². The lowest BCUT2D eigenvalue weighted by Gasteiger charge is -2.22. The lowest BCUT2D eigenvalue weighted by molar-refractivity contribution is -0.143. The first kappa shape index (κ1) is 90.3. The number of carbonyl (C=O) groups is 2. The van der Waals surface area contributed by atoms with Gasteiger partial charge in [-0.2, -0.15) is 0 Å². The van der Waals surface area contributed by atoms with Crippen molar-refractivity contribution in [1.29, 1.82) is 0 Å². The van der Waals surface area contributed by atoms with Crippen molar-refractivity contribution in [2.24, 2.45) is 0 Å². The molecule has 0 heterocycles. The van der Waals surface area contributed by atoms with Crippen molar-refractivity contribution in [3.8, 4) is 0 Å². The lowest BCUT2D eigenvalue weighted by atomic mass is 10.0. The standard InChI is InChI=1S/C86H167NO5/c1-3-5-7-9-11-13-15-17-19-21-22-23-37-40-43-47-50-54-58-62-66-70-74-78-84(89)83(82-88)87-85(90)79-75-71-67-63-59-55-51-48-44-41-38-35-33-31-29-27-25-24-26-28-30-32-34-36-39-42-45-49-53-57-61-65-69-73-77-81-92-86(91)80-76-72-68-64-60-56-52-46-20-18-16-14-12-10-8-6-4-2/h26,28,32,34,83-84,88-89H,3-25,27,29-31,33,35-82H2,1-2H3,(H,87,90)/b28-26-,34-32-. The minimum atomic E-state index is -0.664. The number of unbranched alkanes of at least 4 members (excludes halogenated alkanes) is 66. The Kier molecular flexibility index (Phi) is 80.3. The van der Waals surface area contributed by atoms with Gasteiger partial charge in [0, 0.05) is 12.8 Å². The number of allylic oxidation sites excluding steroid dienone is 4. The number of ether oxygens (including phenoxy) is 1. The molecule has 0 fully saturated rings. The van der Waals surface area contributed by atoms with Gasteiger partial charge in [0.15, 0.2) is 0 Å². The molecular formula is C86H167NO5. The van der Waals surface area contributed by atoms with Crippen LogP contribution in [0.15, 0.2) is 24.3 Å². The third-order valence-corrected chi connectivity index (χ3v) is 20.3. The van der Waals surface area contributed by atoms with Crippen molar-refractivity contribution in [3.63, 3.8) is 0 Å². The predicted octanol–water partition coefficient (Wildman–Crippen LogP) is 28.4. The molecule has 2 atom stereocenters. The smallest absolute Gasteiger partial charge is 0.305 e. The van der Waals surface area contributed by atoms with E-state index in [1.165, 1.54) is 411 Å². The Bertz CT molecular complexity index is 1450. The van der Waals surface area contributed by atoms with Gasteiger partial charge in [0.25, 0.3) is 0 Å². The van der Waals surface area contributed by atoms with E-state index in [4.69, 9.17) is 4.74 Å². The summed E-state index contributed by atoms with van der Waals surface area (Å²) in [5.74, 6) is -0.00462. The molecule has 6 nitrogen and oxygen atoms in total. The van der Waals surface area contributed by atoms with Crippen LogP contribution in [0.4, 0.5) is 0 Å². The van der Waals surface area contributed by atoms with E-state index in [9.17, 15) is 19.8 Å². The molecule has 0 rings (SSSR count). The number of hydrogen-bond donors (Lipinski definition) is 3. The van der Waals surface area contributed by atoms with Crippen LogP contribution in [0.1, 0.15) is 489 Å². The van der Waals surface area contributed by atoms with Crippen molar-refractivity contribution in [2.45, 2.75) is 501 Å². The highest BCUT2D eigenvalue weighted by Crippen LogP contribution is 2.21. The SMILES string of the molecule is CCCCCCCCCCCCCCCCCCCCCCCCCC(O)C(CO)NC(=O)CCCCCCCCCCCCCCCCCCC/C=C\C/C=C\CCCCCCCCCCCCCOC(=O)CCCCCCCCCCCCCCCCCCC. The summed E-state index contributed by atoms with van der Waals surface area (Å²) in [6.45, 7) is 5.02. The molecule has 0 radical (unpaired) electrons. The van der Waals surface area contributed by atoms with E-state index in [0.717, 1.165) is 44.9 Å². The molecule has 0 saturated heterocycles. The molecule has 0 bridgehead atoms. The lowest BCUT2D eigenvalue weighted by Crippen LogP contribution is -2.45. The zero-order valence-corrected chi connectivity index (χ0v) is 62.8. The number of hydrogen-bond acceptors (Lipinski definition) is 5. The maximum Gasteiger partial charge on any atom is 0.305 e. The van der Waals surface area contributed by atoms with E-state index >= 15 is 0 Å². The van der Waals surface area contributed by atoms with Gasteiger partial charge in [-0.1, -0.05) is 443 Å². The maximum absolute atomic E-state index is 12.6. The highest BCUT2D eigenvalue weighted by molar-refractivity contribution is 5.76. The third kappa shape index (κ3) is 77.3. The molecule has 6 heteroatoms. The first-order chi connectivity index (χ1) is 45.5. The van der Waals surface area contributed by atoms with Crippen molar-refractivity contribution in [2.75, 3.05) is 13.2 Å². The summed E-state index contributed by atoms with van der Waals surface area (Å²) >= 11 is 0. The van der Waals surface area contributed by atoms with E-state index in [2.05, 4.69) is 43.5 Å². The molecule has 0 aromatic rings. The minimum absolute atomic E-state index is 0.0220. The first-order valence-corrected chi connectivity index (χ1v) is 42.6. The number of nitrogens with one attached hydrogen (secondary N) is 1. The number of aliphatic hydroxyl groups is 2. The molecule has 3 N–H and O–H groups in total. The van der Waals surface area contributed by atoms with Gasteiger partial charge >= 0.3 is 5.97 Å². The number of esters is 1. The fraction of sp³-hybridized carbons (Fsp3) is 0.930. The van der Waals surface area contributed by atoms with Gasteiger partial charge in [0.2, 0.25) is 5.91 Å². The van der Waals surface area contributed by atoms with Crippen LogP contribution in [0.25, 0.3) is 0 Å². The van der Waals surface area contributed by atoms with Crippen LogP contribution < -0.4 is 5.32 Å². The second-order valence-electron chi connectivity index (χ2n) is 29.5. The van der Waals surface area contributed by atoms with Crippen LogP contribution >= 0.6 is 0 Å². The van der Waals surface area contributed by atoms with Crippen LogP contribution in [0, 0.1) is 0 Å². The number of aliphatic hydroxyl groups excluding tert-OH is 2. The van der Waals surface area contributed by atoms with Gasteiger partial charge in [0.1, 0.15) is 0 Å². The Hall–Kier alpha value is -1.66. The first-order valence-electron chi connectivity index (χ1n) is 42.6. The second kappa shape index (κ2) is 81.8. The predicted molar refractivity (Wildman–Crippen MR) is 407 cm³/mol. The minimum Gasteiger partial charge on any atom is -0.466 e. The van der Waals surface area contributed by atoms with Crippen LogP contribution in [0.2, 0.25) is 0 Å². The van der Waals surface area contributed by atoms with Gasteiger partial charge < -0.3 is 20.3 Å². The van der Waals surface area contributed by atoms with Crippen LogP contribution in [-0.2, 0) is 14.3 Å². The zero-order valence-electron chi connectivity index (χ0n) is 62.8. The summed E-state index contributed by atoms with van der Waals surface area (Å²) in [6.07, 6.45) is 106. The quantitative estimate of drug-likeness (QED) is 0.0320. The topological polar surface area (TPSA) is 95.9 Å². The van der Waals surface area contributed by atoms with Gasteiger partial charge in [-0.25, -0.2) is 0 Å². The van der Waals surface area contributed by atoms with Crippen molar-refractivity contribution in [1.82, 2.24) is 5.32 Å². The van der Waals surface area contributed by atoms with Gasteiger partial charge in [-0.3, -0.25) is 9.59 Å². The molecule has 0 aliphatic heterocycles. The molecule has 92 heavy (non-hydrogen) atoms. The fourth-order valence-electron chi connectivity index (χ4n) is 13.8. The van der Waals surface area contributed by atoms with Crippen LogP contribution in [0.5, 0.6) is 0 Å². The highest BCUT2D eigenvalue weighted by atomic mass is 16.5. The highest BCUT2D eigenvalue weighted by Gasteiger charge is 2.20. The Morgan fingerprint density at radius 2 is 0.543 bits per heavy atom. The molecule has 1 amide bonds. The van der Waals surface area contributed by atoms with Crippen molar-refractivity contribution >= 4 is 11.9 Å². The largest absolute Gasteiger partial charge is 0.466 e. The molecule has 0 aromatic heterocycles. The summed E-state index contributed by atoms with van der Waals surface area (Å²) in [4.78, 5) is 24.7. The maximum atomic E-state index is 12.6. The molecule has 0 aromatic carbocycles. The monoisotopic (exact) mass is 1290 g/mol. The van der Waals surface area contributed by atoms with E-state index in [0.29, 0.717) is 25.9 Å². The Balaban J connectivity index is 3.36. The third-order valence-electron chi connectivity index (χ3n) is 20.3. The Morgan fingerprint density at radius 3 is 0.826 bits per heavy atom. The number of amides is 1. The summed E-state index contributed by atoms with van der Waals surface area (Å²) in [5, 5.41) is 23.5.